The molecule has 0 aromatic carbocycles. The molecule has 0 aliphatic carbocycles. The minimum absolute atomic E-state index is 0.114. The van der Waals surface area contributed by atoms with Crippen molar-refractivity contribution in [1.82, 2.24) is 10.3 Å². The number of hydrogen-bond donors (Lipinski definition) is 2. The van der Waals surface area contributed by atoms with Crippen molar-refractivity contribution in [2.24, 2.45) is 0 Å². The van der Waals surface area contributed by atoms with E-state index >= 15 is 0 Å². The van der Waals surface area contributed by atoms with E-state index in [1.165, 1.54) is 0 Å². The SMILES string of the molecule is CNCC(O)c1cncc(OC(C)C)c1. The molecule has 0 spiro atoms. The first-order chi connectivity index (χ1) is 7.13. The zero-order valence-corrected chi connectivity index (χ0v) is 9.40. The maximum atomic E-state index is 9.72. The van der Waals surface area contributed by atoms with Crippen LogP contribution in [0.5, 0.6) is 5.75 Å². The Hall–Kier alpha value is -1.13. The van der Waals surface area contributed by atoms with Gasteiger partial charge in [-0.3, -0.25) is 4.98 Å². The number of aromatic nitrogens is 1. The second-order valence-corrected chi connectivity index (χ2v) is 3.69. The van der Waals surface area contributed by atoms with E-state index in [1.54, 1.807) is 19.4 Å². The van der Waals surface area contributed by atoms with Crippen molar-refractivity contribution in [1.29, 1.82) is 0 Å². The second kappa shape index (κ2) is 5.68. The first-order valence-corrected chi connectivity index (χ1v) is 5.07. The molecule has 1 aromatic heterocycles. The average Bonchev–Trinajstić information content (AvgIpc) is 2.17. The van der Waals surface area contributed by atoms with Gasteiger partial charge in [0.05, 0.1) is 18.4 Å². The lowest BCUT2D eigenvalue weighted by atomic mass is 10.1. The molecule has 4 heteroatoms. The van der Waals surface area contributed by atoms with E-state index in [-0.39, 0.29) is 6.10 Å². The van der Waals surface area contributed by atoms with E-state index in [1.807, 2.05) is 19.9 Å². The van der Waals surface area contributed by atoms with Gasteiger partial charge < -0.3 is 15.2 Å². The minimum Gasteiger partial charge on any atom is -0.489 e. The lowest BCUT2D eigenvalue weighted by molar-refractivity contribution is 0.176. The molecular weight excluding hydrogens is 192 g/mol. The number of pyridine rings is 1. The van der Waals surface area contributed by atoms with Crippen LogP contribution in [0, 0.1) is 0 Å². The summed E-state index contributed by atoms with van der Waals surface area (Å²) in [5, 5.41) is 12.6. The van der Waals surface area contributed by atoms with Gasteiger partial charge in [-0.2, -0.15) is 0 Å². The van der Waals surface area contributed by atoms with Crippen molar-refractivity contribution in [2.75, 3.05) is 13.6 Å². The van der Waals surface area contributed by atoms with Crippen LogP contribution in [0.2, 0.25) is 0 Å². The number of nitrogens with zero attached hydrogens (tertiary/aromatic N) is 1. The van der Waals surface area contributed by atoms with Crippen molar-refractivity contribution in [3.05, 3.63) is 24.0 Å². The number of aliphatic hydroxyl groups excluding tert-OH is 1. The Labute approximate surface area is 90.3 Å². The van der Waals surface area contributed by atoms with Gasteiger partial charge in [-0.05, 0) is 27.0 Å². The molecule has 0 amide bonds. The highest BCUT2D eigenvalue weighted by molar-refractivity contribution is 5.25. The van der Waals surface area contributed by atoms with Gasteiger partial charge in [0.25, 0.3) is 0 Å². The third kappa shape index (κ3) is 3.85. The van der Waals surface area contributed by atoms with E-state index in [2.05, 4.69) is 10.3 Å². The highest BCUT2D eigenvalue weighted by atomic mass is 16.5. The third-order valence-corrected chi connectivity index (χ3v) is 1.89. The Morgan fingerprint density at radius 1 is 1.47 bits per heavy atom. The quantitative estimate of drug-likeness (QED) is 0.764. The van der Waals surface area contributed by atoms with Crippen LogP contribution in [0.25, 0.3) is 0 Å². The standard InChI is InChI=1S/C11H18N2O2/c1-8(2)15-10-4-9(5-13-6-10)11(14)7-12-3/h4-6,8,11-12,14H,7H2,1-3H3. The number of hydrogen-bond acceptors (Lipinski definition) is 4. The Bertz CT molecular complexity index is 302. The smallest absolute Gasteiger partial charge is 0.138 e. The Kier molecular flexibility index (Phi) is 4.52. The molecule has 84 valence electrons. The van der Waals surface area contributed by atoms with Crippen LogP contribution in [0.4, 0.5) is 0 Å². The van der Waals surface area contributed by atoms with Gasteiger partial charge in [0.15, 0.2) is 0 Å². The number of ether oxygens (including phenoxy) is 1. The van der Waals surface area contributed by atoms with Crippen molar-refractivity contribution < 1.29 is 9.84 Å². The summed E-state index contributed by atoms with van der Waals surface area (Å²) in [6.07, 6.45) is 2.87. The van der Waals surface area contributed by atoms with Gasteiger partial charge in [0.1, 0.15) is 5.75 Å². The number of rotatable bonds is 5. The molecule has 1 atom stereocenters. The molecular formula is C11H18N2O2. The molecule has 0 aliphatic rings. The normalized spacial score (nSPS) is 12.9. The Morgan fingerprint density at radius 2 is 2.20 bits per heavy atom. The summed E-state index contributed by atoms with van der Waals surface area (Å²) in [5.41, 5.74) is 0.766. The van der Waals surface area contributed by atoms with Gasteiger partial charge in [0, 0.05) is 18.3 Å². The van der Waals surface area contributed by atoms with Crippen LogP contribution in [0.3, 0.4) is 0 Å². The Morgan fingerprint density at radius 3 is 2.80 bits per heavy atom. The molecule has 1 rings (SSSR count). The summed E-state index contributed by atoms with van der Waals surface area (Å²) in [5.74, 6) is 0.692. The predicted molar refractivity (Wildman–Crippen MR) is 58.9 cm³/mol. The molecule has 0 fully saturated rings. The molecule has 0 radical (unpaired) electrons. The topological polar surface area (TPSA) is 54.4 Å². The van der Waals surface area contributed by atoms with Crippen LogP contribution in [-0.2, 0) is 0 Å². The summed E-state index contributed by atoms with van der Waals surface area (Å²) < 4.78 is 5.49. The monoisotopic (exact) mass is 210 g/mol. The number of nitrogens with one attached hydrogen (secondary N) is 1. The van der Waals surface area contributed by atoms with E-state index in [0.717, 1.165) is 5.56 Å². The van der Waals surface area contributed by atoms with Gasteiger partial charge in [0.2, 0.25) is 0 Å². The fourth-order valence-corrected chi connectivity index (χ4v) is 1.27. The largest absolute Gasteiger partial charge is 0.489 e. The third-order valence-electron chi connectivity index (χ3n) is 1.89. The number of aliphatic hydroxyl groups is 1. The maximum absolute atomic E-state index is 9.72. The van der Waals surface area contributed by atoms with Gasteiger partial charge in [-0.25, -0.2) is 0 Å². The first-order valence-electron chi connectivity index (χ1n) is 5.07. The molecule has 1 heterocycles. The summed E-state index contributed by atoms with van der Waals surface area (Å²) in [4.78, 5) is 4.03. The fourth-order valence-electron chi connectivity index (χ4n) is 1.27. The number of likely N-dealkylation sites (N-methyl/N-ethyl adjacent to an activating group) is 1. The van der Waals surface area contributed by atoms with Crippen LogP contribution < -0.4 is 10.1 Å². The lowest BCUT2D eigenvalue weighted by Gasteiger charge is -2.13. The molecule has 0 saturated heterocycles. The Balaban J connectivity index is 2.73. The maximum Gasteiger partial charge on any atom is 0.138 e. The minimum atomic E-state index is -0.543. The van der Waals surface area contributed by atoms with Crippen LogP contribution in [0.15, 0.2) is 18.5 Å². The molecule has 0 aliphatic heterocycles. The van der Waals surface area contributed by atoms with Crippen LogP contribution in [-0.4, -0.2) is 29.8 Å². The molecule has 0 saturated carbocycles. The highest BCUT2D eigenvalue weighted by Gasteiger charge is 2.08. The highest BCUT2D eigenvalue weighted by Crippen LogP contribution is 2.18. The van der Waals surface area contributed by atoms with Crippen molar-refractivity contribution in [2.45, 2.75) is 26.1 Å². The molecule has 0 bridgehead atoms. The van der Waals surface area contributed by atoms with Crippen LogP contribution in [0.1, 0.15) is 25.5 Å². The zero-order chi connectivity index (χ0) is 11.3. The molecule has 2 N–H and O–H groups in total. The average molecular weight is 210 g/mol. The van der Waals surface area contributed by atoms with Crippen molar-refractivity contribution in [3.8, 4) is 5.75 Å². The van der Waals surface area contributed by atoms with Crippen molar-refractivity contribution >= 4 is 0 Å². The molecule has 4 nitrogen and oxygen atoms in total. The zero-order valence-electron chi connectivity index (χ0n) is 9.40. The van der Waals surface area contributed by atoms with E-state index in [4.69, 9.17) is 4.74 Å². The van der Waals surface area contributed by atoms with E-state index in [0.29, 0.717) is 12.3 Å². The molecule has 1 aromatic rings. The molecule has 1 unspecified atom stereocenters. The summed E-state index contributed by atoms with van der Waals surface area (Å²) in [7, 11) is 1.80. The first kappa shape index (κ1) is 11.9. The predicted octanol–water partition coefficient (Wildman–Crippen LogP) is 1.12. The van der Waals surface area contributed by atoms with Crippen LogP contribution >= 0.6 is 0 Å². The summed E-state index contributed by atoms with van der Waals surface area (Å²) in [6, 6.07) is 1.81. The summed E-state index contributed by atoms with van der Waals surface area (Å²) in [6.45, 7) is 4.42. The second-order valence-electron chi connectivity index (χ2n) is 3.69. The van der Waals surface area contributed by atoms with Gasteiger partial charge in [-0.1, -0.05) is 0 Å². The van der Waals surface area contributed by atoms with Gasteiger partial charge >= 0.3 is 0 Å². The van der Waals surface area contributed by atoms with E-state index < -0.39 is 6.10 Å². The molecule has 15 heavy (non-hydrogen) atoms. The summed E-state index contributed by atoms with van der Waals surface area (Å²) >= 11 is 0. The van der Waals surface area contributed by atoms with E-state index in [9.17, 15) is 5.11 Å². The lowest BCUT2D eigenvalue weighted by Crippen LogP contribution is -2.17. The van der Waals surface area contributed by atoms with Crippen molar-refractivity contribution in [3.63, 3.8) is 0 Å². The van der Waals surface area contributed by atoms with Gasteiger partial charge in [-0.15, -0.1) is 0 Å². The fraction of sp³-hybridized carbons (Fsp3) is 0.545.